The van der Waals surface area contributed by atoms with Crippen molar-refractivity contribution in [1.29, 1.82) is 0 Å². The smallest absolute Gasteiger partial charge is 0.309 e. The predicted molar refractivity (Wildman–Crippen MR) is 88.3 cm³/mol. The number of rotatable bonds is 7. The summed E-state index contributed by atoms with van der Waals surface area (Å²) in [5.74, 6) is -0.528. The van der Waals surface area contributed by atoms with E-state index >= 15 is 0 Å². The van der Waals surface area contributed by atoms with Gasteiger partial charge in [-0.2, -0.15) is 0 Å². The second-order valence-corrected chi connectivity index (χ2v) is 5.59. The van der Waals surface area contributed by atoms with Crippen molar-refractivity contribution in [3.8, 4) is 5.75 Å². The molecule has 1 aromatic rings. The Morgan fingerprint density at radius 3 is 2.67 bits per heavy atom. The SMILES string of the molecule is COc1ccccc1CNC(=O)C(=O)NCCCN1CCCC1=O. The molecule has 3 amide bonds. The standard InChI is InChI=1S/C17H23N3O4/c1-24-14-7-3-2-6-13(14)12-19-17(23)16(22)18-9-5-11-20-10-4-8-15(20)21/h2-3,6-7H,4-5,8-12H2,1H3,(H,18,22)(H,19,23). The fourth-order valence-corrected chi connectivity index (χ4v) is 2.60. The first-order valence-corrected chi connectivity index (χ1v) is 8.07. The number of nitrogens with zero attached hydrogens (tertiary/aromatic N) is 1. The van der Waals surface area contributed by atoms with Crippen LogP contribution in [0.4, 0.5) is 0 Å². The van der Waals surface area contributed by atoms with Crippen molar-refractivity contribution in [2.24, 2.45) is 0 Å². The van der Waals surface area contributed by atoms with Crippen molar-refractivity contribution in [3.05, 3.63) is 29.8 Å². The van der Waals surface area contributed by atoms with Crippen LogP contribution in [0.5, 0.6) is 5.75 Å². The third-order valence-corrected chi connectivity index (χ3v) is 3.90. The van der Waals surface area contributed by atoms with Crippen molar-refractivity contribution in [2.75, 3.05) is 26.7 Å². The summed E-state index contributed by atoms with van der Waals surface area (Å²) in [6.07, 6.45) is 2.14. The Labute approximate surface area is 141 Å². The predicted octanol–water partition coefficient (Wildman–Crippen LogP) is 0.440. The minimum Gasteiger partial charge on any atom is -0.496 e. The van der Waals surface area contributed by atoms with Gasteiger partial charge < -0.3 is 20.3 Å². The summed E-state index contributed by atoms with van der Waals surface area (Å²) in [5, 5.41) is 5.13. The number of carbonyl (C=O) groups excluding carboxylic acids is 3. The molecule has 1 aromatic carbocycles. The van der Waals surface area contributed by atoms with Gasteiger partial charge in [0.1, 0.15) is 5.75 Å². The molecule has 7 nitrogen and oxygen atoms in total. The van der Waals surface area contributed by atoms with Gasteiger partial charge in [-0.25, -0.2) is 0 Å². The number of methoxy groups -OCH3 is 1. The number of carbonyl (C=O) groups is 3. The molecule has 7 heteroatoms. The lowest BCUT2D eigenvalue weighted by atomic mass is 10.2. The first-order chi connectivity index (χ1) is 11.6. The highest BCUT2D eigenvalue weighted by Gasteiger charge is 2.19. The zero-order chi connectivity index (χ0) is 17.4. The normalized spacial score (nSPS) is 13.7. The van der Waals surface area contributed by atoms with Gasteiger partial charge >= 0.3 is 11.8 Å². The van der Waals surface area contributed by atoms with Gasteiger partial charge in [0, 0.05) is 38.2 Å². The molecule has 0 radical (unpaired) electrons. The maximum absolute atomic E-state index is 11.8. The molecule has 0 unspecified atom stereocenters. The van der Waals surface area contributed by atoms with Crippen LogP contribution < -0.4 is 15.4 Å². The Balaban J connectivity index is 1.66. The summed E-state index contributed by atoms with van der Waals surface area (Å²) in [5.41, 5.74) is 0.800. The summed E-state index contributed by atoms with van der Waals surface area (Å²) < 4.78 is 5.19. The molecule has 2 N–H and O–H groups in total. The number of para-hydroxylation sites is 1. The molecule has 1 aliphatic rings. The number of amides is 3. The molecule has 0 saturated carbocycles. The van der Waals surface area contributed by atoms with Crippen LogP contribution in [-0.2, 0) is 20.9 Å². The van der Waals surface area contributed by atoms with Gasteiger partial charge in [-0.15, -0.1) is 0 Å². The molecule has 2 rings (SSSR count). The van der Waals surface area contributed by atoms with E-state index in [2.05, 4.69) is 10.6 Å². The summed E-state index contributed by atoms with van der Waals surface area (Å²) >= 11 is 0. The Bertz CT molecular complexity index is 603. The third-order valence-electron chi connectivity index (χ3n) is 3.90. The maximum atomic E-state index is 11.8. The number of nitrogens with one attached hydrogen (secondary N) is 2. The van der Waals surface area contributed by atoms with Crippen LogP contribution in [0.25, 0.3) is 0 Å². The van der Waals surface area contributed by atoms with Gasteiger partial charge in [0.2, 0.25) is 5.91 Å². The highest BCUT2D eigenvalue weighted by atomic mass is 16.5. The first kappa shape index (κ1) is 17.8. The van der Waals surface area contributed by atoms with Gasteiger partial charge in [-0.05, 0) is 18.9 Å². The maximum Gasteiger partial charge on any atom is 0.309 e. The summed E-state index contributed by atoms with van der Waals surface area (Å²) in [4.78, 5) is 36.8. The van der Waals surface area contributed by atoms with Gasteiger partial charge in [0.25, 0.3) is 0 Å². The lowest BCUT2D eigenvalue weighted by Gasteiger charge is -2.15. The molecule has 1 heterocycles. The quantitative estimate of drug-likeness (QED) is 0.560. The molecule has 1 aliphatic heterocycles. The Kier molecular flexibility index (Phi) is 6.60. The minimum atomic E-state index is -0.682. The topological polar surface area (TPSA) is 87.7 Å². The second kappa shape index (κ2) is 8.90. The van der Waals surface area contributed by atoms with E-state index in [1.54, 1.807) is 18.1 Å². The number of benzene rings is 1. The van der Waals surface area contributed by atoms with Crippen molar-refractivity contribution < 1.29 is 19.1 Å². The Hall–Kier alpha value is -2.57. The zero-order valence-electron chi connectivity index (χ0n) is 13.8. The number of likely N-dealkylation sites (tertiary alicyclic amines) is 1. The van der Waals surface area contributed by atoms with Crippen molar-refractivity contribution >= 4 is 17.7 Å². The van der Waals surface area contributed by atoms with Crippen LogP contribution in [0.15, 0.2) is 24.3 Å². The average molecular weight is 333 g/mol. The molecule has 0 aliphatic carbocycles. The Morgan fingerprint density at radius 2 is 1.96 bits per heavy atom. The molecule has 24 heavy (non-hydrogen) atoms. The van der Waals surface area contributed by atoms with Crippen LogP contribution in [0.1, 0.15) is 24.8 Å². The summed E-state index contributed by atoms with van der Waals surface area (Å²) in [6.45, 7) is 1.98. The molecule has 0 aromatic heterocycles. The van der Waals surface area contributed by atoms with Crippen LogP contribution in [0.2, 0.25) is 0 Å². The van der Waals surface area contributed by atoms with E-state index in [4.69, 9.17) is 4.74 Å². The number of hydrogen-bond donors (Lipinski definition) is 2. The molecule has 0 spiro atoms. The fraction of sp³-hybridized carbons (Fsp3) is 0.471. The first-order valence-electron chi connectivity index (χ1n) is 8.07. The third kappa shape index (κ3) is 4.97. The van der Waals surface area contributed by atoms with E-state index in [0.717, 1.165) is 18.5 Å². The van der Waals surface area contributed by atoms with Gasteiger partial charge in [0.15, 0.2) is 0 Å². The van der Waals surface area contributed by atoms with Crippen molar-refractivity contribution in [2.45, 2.75) is 25.8 Å². The summed E-state index contributed by atoms with van der Waals surface area (Å²) in [7, 11) is 1.55. The lowest BCUT2D eigenvalue weighted by molar-refractivity contribution is -0.139. The van der Waals surface area contributed by atoms with Gasteiger partial charge in [-0.3, -0.25) is 14.4 Å². The number of ether oxygens (including phenoxy) is 1. The van der Waals surface area contributed by atoms with Crippen molar-refractivity contribution in [3.63, 3.8) is 0 Å². The lowest BCUT2D eigenvalue weighted by Crippen LogP contribution is -2.40. The van der Waals surface area contributed by atoms with Crippen LogP contribution >= 0.6 is 0 Å². The van der Waals surface area contributed by atoms with E-state index < -0.39 is 11.8 Å². The average Bonchev–Trinajstić information content (AvgIpc) is 3.01. The van der Waals surface area contributed by atoms with Crippen LogP contribution in [0, 0.1) is 0 Å². The molecule has 1 saturated heterocycles. The van der Waals surface area contributed by atoms with E-state index in [1.807, 2.05) is 18.2 Å². The van der Waals surface area contributed by atoms with Crippen LogP contribution in [-0.4, -0.2) is 49.4 Å². The second-order valence-electron chi connectivity index (χ2n) is 5.59. The largest absolute Gasteiger partial charge is 0.496 e. The van der Waals surface area contributed by atoms with E-state index in [-0.39, 0.29) is 12.5 Å². The van der Waals surface area contributed by atoms with Gasteiger partial charge in [-0.1, -0.05) is 18.2 Å². The molecular weight excluding hydrogens is 310 g/mol. The number of hydrogen-bond acceptors (Lipinski definition) is 4. The monoisotopic (exact) mass is 333 g/mol. The van der Waals surface area contributed by atoms with E-state index in [9.17, 15) is 14.4 Å². The van der Waals surface area contributed by atoms with E-state index in [1.165, 1.54) is 0 Å². The Morgan fingerprint density at radius 1 is 1.21 bits per heavy atom. The van der Waals surface area contributed by atoms with Crippen LogP contribution in [0.3, 0.4) is 0 Å². The highest BCUT2D eigenvalue weighted by Crippen LogP contribution is 2.16. The van der Waals surface area contributed by atoms with Gasteiger partial charge in [0.05, 0.1) is 7.11 Å². The highest BCUT2D eigenvalue weighted by molar-refractivity contribution is 6.35. The molecule has 1 fully saturated rings. The molecular formula is C17H23N3O4. The van der Waals surface area contributed by atoms with Crippen molar-refractivity contribution in [1.82, 2.24) is 15.5 Å². The summed E-state index contributed by atoms with van der Waals surface area (Å²) in [6, 6.07) is 7.29. The van der Waals surface area contributed by atoms with E-state index in [0.29, 0.717) is 31.7 Å². The fourth-order valence-electron chi connectivity index (χ4n) is 2.60. The molecule has 0 atom stereocenters. The molecule has 130 valence electrons. The zero-order valence-corrected chi connectivity index (χ0v) is 13.8. The molecule has 0 bridgehead atoms. The minimum absolute atomic E-state index is 0.163.